The van der Waals surface area contributed by atoms with Crippen molar-refractivity contribution in [1.29, 1.82) is 5.26 Å². The number of aromatic nitrogens is 1. The number of rotatable bonds is 2. The van der Waals surface area contributed by atoms with Gasteiger partial charge >= 0.3 is 0 Å². The average Bonchev–Trinajstić information content (AvgIpc) is 2.18. The topological polar surface area (TPSA) is 71.8 Å². The summed E-state index contributed by atoms with van der Waals surface area (Å²) in [5.41, 5.74) is 6.22. The first-order chi connectivity index (χ1) is 6.61. The molecule has 1 rings (SSSR count). The van der Waals surface area contributed by atoms with Crippen molar-refractivity contribution in [3.8, 4) is 6.07 Å². The van der Waals surface area contributed by atoms with E-state index >= 15 is 0 Å². The SMILES string of the molecule is Cc1ccc(C#N)c(=O)n1C(C)CN. The predicted molar refractivity (Wildman–Crippen MR) is 53.9 cm³/mol. The Kier molecular flexibility index (Phi) is 3.05. The first-order valence-corrected chi connectivity index (χ1v) is 4.44. The van der Waals surface area contributed by atoms with E-state index in [1.54, 1.807) is 10.6 Å². The summed E-state index contributed by atoms with van der Waals surface area (Å²) < 4.78 is 1.55. The van der Waals surface area contributed by atoms with Crippen LogP contribution in [-0.2, 0) is 0 Å². The number of nitrogens with zero attached hydrogens (tertiary/aromatic N) is 2. The molecule has 1 heterocycles. The molecule has 0 aliphatic carbocycles. The van der Waals surface area contributed by atoms with Gasteiger partial charge < -0.3 is 10.3 Å². The fourth-order valence-electron chi connectivity index (χ4n) is 1.38. The van der Waals surface area contributed by atoms with Crippen molar-refractivity contribution >= 4 is 0 Å². The van der Waals surface area contributed by atoms with Crippen LogP contribution in [0.3, 0.4) is 0 Å². The predicted octanol–water partition coefficient (Wildman–Crippen LogP) is 0.548. The quantitative estimate of drug-likeness (QED) is 0.741. The van der Waals surface area contributed by atoms with Crippen LogP contribution in [0.2, 0.25) is 0 Å². The molecular formula is C10H13N3O. The van der Waals surface area contributed by atoms with Crippen LogP contribution in [-0.4, -0.2) is 11.1 Å². The van der Waals surface area contributed by atoms with Crippen LogP contribution >= 0.6 is 0 Å². The van der Waals surface area contributed by atoms with Gasteiger partial charge in [-0.15, -0.1) is 0 Å². The van der Waals surface area contributed by atoms with Gasteiger partial charge in [0.05, 0.1) is 0 Å². The maximum absolute atomic E-state index is 11.7. The third-order valence-electron chi connectivity index (χ3n) is 2.22. The van der Waals surface area contributed by atoms with Crippen LogP contribution in [0.5, 0.6) is 0 Å². The lowest BCUT2D eigenvalue weighted by Crippen LogP contribution is -2.30. The Balaban J connectivity index is 3.42. The number of hydrogen-bond donors (Lipinski definition) is 1. The Labute approximate surface area is 82.6 Å². The van der Waals surface area contributed by atoms with Crippen LogP contribution in [0.4, 0.5) is 0 Å². The highest BCUT2D eigenvalue weighted by molar-refractivity contribution is 5.27. The first kappa shape index (κ1) is 10.5. The molecule has 1 unspecified atom stereocenters. The summed E-state index contributed by atoms with van der Waals surface area (Å²) in [4.78, 5) is 11.7. The monoisotopic (exact) mass is 191 g/mol. The number of nitriles is 1. The second-order valence-corrected chi connectivity index (χ2v) is 3.26. The smallest absolute Gasteiger partial charge is 0.268 e. The minimum absolute atomic E-state index is 0.0733. The van der Waals surface area contributed by atoms with Crippen LogP contribution in [0.15, 0.2) is 16.9 Å². The number of pyridine rings is 1. The zero-order chi connectivity index (χ0) is 10.7. The molecule has 0 spiro atoms. The summed E-state index contributed by atoms with van der Waals surface area (Å²) in [5, 5.41) is 8.69. The van der Waals surface area contributed by atoms with Gasteiger partial charge in [-0.25, -0.2) is 0 Å². The van der Waals surface area contributed by atoms with E-state index in [0.717, 1.165) is 5.69 Å². The molecule has 0 bridgehead atoms. The third-order valence-corrected chi connectivity index (χ3v) is 2.22. The van der Waals surface area contributed by atoms with Gasteiger partial charge in [-0.1, -0.05) is 0 Å². The summed E-state index contributed by atoms with van der Waals surface area (Å²) in [6.07, 6.45) is 0. The third kappa shape index (κ3) is 1.68. The summed E-state index contributed by atoms with van der Waals surface area (Å²) in [7, 11) is 0. The van der Waals surface area contributed by atoms with E-state index in [9.17, 15) is 4.79 Å². The molecular weight excluding hydrogens is 178 g/mol. The Morgan fingerprint density at radius 3 is 2.79 bits per heavy atom. The zero-order valence-electron chi connectivity index (χ0n) is 8.32. The van der Waals surface area contributed by atoms with E-state index in [-0.39, 0.29) is 17.2 Å². The summed E-state index contributed by atoms with van der Waals surface area (Å²) in [6.45, 7) is 4.07. The van der Waals surface area contributed by atoms with Gasteiger partial charge in [-0.3, -0.25) is 4.79 Å². The molecule has 0 aromatic carbocycles. The Hall–Kier alpha value is -1.60. The van der Waals surface area contributed by atoms with E-state index in [0.29, 0.717) is 6.54 Å². The van der Waals surface area contributed by atoms with Gasteiger partial charge in [0.2, 0.25) is 0 Å². The molecule has 2 N–H and O–H groups in total. The first-order valence-electron chi connectivity index (χ1n) is 4.44. The van der Waals surface area contributed by atoms with Crippen molar-refractivity contribution in [2.24, 2.45) is 5.73 Å². The van der Waals surface area contributed by atoms with E-state index < -0.39 is 0 Å². The fraction of sp³-hybridized carbons (Fsp3) is 0.400. The molecule has 0 radical (unpaired) electrons. The number of aryl methyl sites for hydroxylation is 1. The van der Waals surface area contributed by atoms with Crippen molar-refractivity contribution in [3.63, 3.8) is 0 Å². The van der Waals surface area contributed by atoms with Crippen LogP contribution < -0.4 is 11.3 Å². The highest BCUT2D eigenvalue weighted by Gasteiger charge is 2.10. The minimum Gasteiger partial charge on any atom is -0.328 e. The Morgan fingerprint density at radius 2 is 2.29 bits per heavy atom. The lowest BCUT2D eigenvalue weighted by atomic mass is 10.2. The second kappa shape index (κ2) is 4.07. The minimum atomic E-state index is -0.259. The summed E-state index contributed by atoms with van der Waals surface area (Å²) >= 11 is 0. The highest BCUT2D eigenvalue weighted by atomic mass is 16.1. The molecule has 0 amide bonds. The maximum atomic E-state index is 11.7. The molecule has 14 heavy (non-hydrogen) atoms. The standard InChI is InChI=1S/C10H13N3O/c1-7-3-4-9(6-12)10(14)13(7)8(2)5-11/h3-4,8H,5,11H2,1-2H3. The van der Waals surface area contributed by atoms with Gasteiger partial charge in [-0.2, -0.15) is 5.26 Å². The molecule has 1 aromatic rings. The molecule has 0 fully saturated rings. The molecule has 1 atom stereocenters. The number of nitrogens with two attached hydrogens (primary N) is 1. The molecule has 1 aromatic heterocycles. The van der Waals surface area contributed by atoms with Gasteiger partial charge in [-0.05, 0) is 26.0 Å². The van der Waals surface area contributed by atoms with Crippen molar-refractivity contribution in [2.75, 3.05) is 6.54 Å². The second-order valence-electron chi connectivity index (χ2n) is 3.26. The van der Waals surface area contributed by atoms with Crippen molar-refractivity contribution in [1.82, 2.24) is 4.57 Å². The van der Waals surface area contributed by atoms with Crippen molar-refractivity contribution in [3.05, 3.63) is 33.7 Å². The van der Waals surface area contributed by atoms with Crippen molar-refractivity contribution in [2.45, 2.75) is 19.9 Å². The molecule has 0 saturated carbocycles. The molecule has 0 aliphatic rings. The maximum Gasteiger partial charge on any atom is 0.268 e. The lowest BCUT2D eigenvalue weighted by molar-refractivity contribution is 0.526. The molecule has 4 nitrogen and oxygen atoms in total. The Morgan fingerprint density at radius 1 is 1.64 bits per heavy atom. The zero-order valence-corrected chi connectivity index (χ0v) is 8.32. The molecule has 0 aliphatic heterocycles. The normalized spacial score (nSPS) is 12.1. The van der Waals surface area contributed by atoms with E-state index in [1.165, 1.54) is 6.07 Å². The van der Waals surface area contributed by atoms with Gasteiger partial charge in [0.1, 0.15) is 11.6 Å². The van der Waals surface area contributed by atoms with E-state index in [2.05, 4.69) is 0 Å². The molecule has 74 valence electrons. The van der Waals surface area contributed by atoms with Crippen molar-refractivity contribution < 1.29 is 0 Å². The van der Waals surface area contributed by atoms with Gasteiger partial charge in [0.25, 0.3) is 5.56 Å². The molecule has 0 saturated heterocycles. The highest BCUT2D eigenvalue weighted by Crippen LogP contribution is 2.05. The average molecular weight is 191 g/mol. The fourth-order valence-corrected chi connectivity index (χ4v) is 1.38. The lowest BCUT2D eigenvalue weighted by Gasteiger charge is -2.15. The van der Waals surface area contributed by atoms with Crippen LogP contribution in [0.25, 0.3) is 0 Å². The molecule has 4 heteroatoms. The van der Waals surface area contributed by atoms with Gasteiger partial charge in [0.15, 0.2) is 0 Å². The van der Waals surface area contributed by atoms with Crippen LogP contribution in [0.1, 0.15) is 24.2 Å². The Bertz CT molecular complexity index is 428. The van der Waals surface area contributed by atoms with Gasteiger partial charge in [0, 0.05) is 18.3 Å². The summed E-state index contributed by atoms with van der Waals surface area (Å²) in [5.74, 6) is 0. The largest absolute Gasteiger partial charge is 0.328 e. The van der Waals surface area contributed by atoms with E-state index in [1.807, 2.05) is 19.9 Å². The number of hydrogen-bond acceptors (Lipinski definition) is 3. The van der Waals surface area contributed by atoms with Crippen LogP contribution in [0, 0.1) is 18.3 Å². The summed E-state index contributed by atoms with van der Waals surface area (Å²) in [6, 6.07) is 5.09. The van der Waals surface area contributed by atoms with E-state index in [4.69, 9.17) is 11.0 Å².